The molecule has 1 unspecified atom stereocenters. The zero-order valence-corrected chi connectivity index (χ0v) is 12.5. The molecule has 0 aliphatic heterocycles. The molecule has 5 heteroatoms. The zero-order valence-electron chi connectivity index (χ0n) is 10.9. The van der Waals surface area contributed by atoms with Crippen LogP contribution in [0.25, 0.3) is 0 Å². The van der Waals surface area contributed by atoms with Crippen molar-refractivity contribution in [3.8, 4) is 5.75 Å². The molecule has 2 aromatic carbocycles. The maximum atomic E-state index is 14.1. The van der Waals surface area contributed by atoms with E-state index in [-0.39, 0.29) is 12.2 Å². The quantitative estimate of drug-likeness (QED) is 0.838. The van der Waals surface area contributed by atoms with Crippen LogP contribution in [0.1, 0.15) is 17.2 Å². The molecule has 3 N–H and O–H groups in total. The van der Waals surface area contributed by atoms with Crippen molar-refractivity contribution < 1.29 is 14.2 Å². The van der Waals surface area contributed by atoms with Gasteiger partial charge in [-0.1, -0.05) is 28.1 Å². The van der Waals surface area contributed by atoms with Crippen molar-refractivity contribution in [3.63, 3.8) is 0 Å². The number of aliphatic hydroxyl groups excluding tert-OH is 1. The SMILES string of the molecule is COc1cccc(CC(O)c2cc(Br)ccc2N)c1F. The van der Waals surface area contributed by atoms with Crippen molar-refractivity contribution in [2.45, 2.75) is 12.5 Å². The summed E-state index contributed by atoms with van der Waals surface area (Å²) in [6, 6.07) is 10.1. The zero-order chi connectivity index (χ0) is 14.7. The van der Waals surface area contributed by atoms with Gasteiger partial charge in [0.25, 0.3) is 0 Å². The summed E-state index contributed by atoms with van der Waals surface area (Å²) in [4.78, 5) is 0. The van der Waals surface area contributed by atoms with E-state index in [1.807, 2.05) is 0 Å². The van der Waals surface area contributed by atoms with E-state index >= 15 is 0 Å². The fraction of sp³-hybridized carbons (Fsp3) is 0.200. The Kier molecular flexibility index (Phi) is 4.62. The van der Waals surface area contributed by atoms with Crippen LogP contribution in [-0.2, 0) is 6.42 Å². The lowest BCUT2D eigenvalue weighted by atomic mass is 9.99. The van der Waals surface area contributed by atoms with E-state index in [0.29, 0.717) is 16.8 Å². The van der Waals surface area contributed by atoms with E-state index in [1.165, 1.54) is 7.11 Å². The standard InChI is InChI=1S/C15H15BrFNO2/c1-20-14-4-2-3-9(15(14)17)7-13(19)11-8-10(16)5-6-12(11)18/h2-6,8,13,19H,7,18H2,1H3. The molecule has 0 aliphatic carbocycles. The molecule has 0 saturated heterocycles. The molecule has 0 radical (unpaired) electrons. The Morgan fingerprint density at radius 2 is 2.10 bits per heavy atom. The van der Waals surface area contributed by atoms with E-state index in [0.717, 1.165) is 4.47 Å². The van der Waals surface area contributed by atoms with Crippen LogP contribution in [0.15, 0.2) is 40.9 Å². The number of benzene rings is 2. The fourth-order valence-corrected chi connectivity index (χ4v) is 2.40. The summed E-state index contributed by atoms with van der Waals surface area (Å²) in [5.41, 5.74) is 7.27. The second-order valence-corrected chi connectivity index (χ2v) is 5.34. The van der Waals surface area contributed by atoms with E-state index in [9.17, 15) is 9.50 Å². The highest BCUT2D eigenvalue weighted by Crippen LogP contribution is 2.29. The van der Waals surface area contributed by atoms with Gasteiger partial charge in [0.15, 0.2) is 11.6 Å². The topological polar surface area (TPSA) is 55.5 Å². The van der Waals surface area contributed by atoms with E-state index in [2.05, 4.69) is 15.9 Å². The number of hydrogen-bond acceptors (Lipinski definition) is 3. The summed E-state index contributed by atoms with van der Waals surface area (Å²) in [7, 11) is 1.41. The van der Waals surface area contributed by atoms with Crippen LogP contribution >= 0.6 is 15.9 Å². The summed E-state index contributed by atoms with van der Waals surface area (Å²) in [5, 5.41) is 10.3. The Labute approximate surface area is 125 Å². The van der Waals surface area contributed by atoms with Gasteiger partial charge >= 0.3 is 0 Å². The van der Waals surface area contributed by atoms with Crippen LogP contribution in [0.5, 0.6) is 5.75 Å². The lowest BCUT2D eigenvalue weighted by Crippen LogP contribution is -2.07. The Hall–Kier alpha value is -1.59. The molecule has 0 bridgehead atoms. The Morgan fingerprint density at radius 3 is 2.80 bits per heavy atom. The molecule has 0 aromatic heterocycles. The Balaban J connectivity index is 2.28. The van der Waals surface area contributed by atoms with Gasteiger partial charge in [-0.15, -0.1) is 0 Å². The molecule has 0 spiro atoms. The van der Waals surface area contributed by atoms with Crippen molar-refractivity contribution in [3.05, 3.63) is 57.8 Å². The first-order valence-electron chi connectivity index (χ1n) is 6.07. The van der Waals surface area contributed by atoms with E-state index in [4.69, 9.17) is 10.5 Å². The molecule has 1 atom stereocenters. The molecule has 0 fully saturated rings. The van der Waals surface area contributed by atoms with Gasteiger partial charge in [-0.25, -0.2) is 4.39 Å². The first-order valence-corrected chi connectivity index (χ1v) is 6.86. The molecular weight excluding hydrogens is 325 g/mol. The first-order chi connectivity index (χ1) is 9.52. The molecule has 0 saturated carbocycles. The van der Waals surface area contributed by atoms with Gasteiger partial charge in [-0.3, -0.25) is 0 Å². The van der Waals surface area contributed by atoms with Gasteiger partial charge < -0.3 is 15.6 Å². The molecule has 0 aliphatic rings. The van der Waals surface area contributed by atoms with Crippen LogP contribution in [0.2, 0.25) is 0 Å². The number of hydrogen-bond donors (Lipinski definition) is 2. The number of nitrogens with two attached hydrogens (primary N) is 1. The summed E-state index contributed by atoms with van der Waals surface area (Å²) in [6.07, 6.45) is -0.752. The van der Waals surface area contributed by atoms with Gasteiger partial charge in [-0.2, -0.15) is 0 Å². The monoisotopic (exact) mass is 339 g/mol. The maximum Gasteiger partial charge on any atom is 0.168 e. The predicted molar refractivity (Wildman–Crippen MR) is 80.2 cm³/mol. The number of anilines is 1. The van der Waals surface area contributed by atoms with Crippen molar-refractivity contribution >= 4 is 21.6 Å². The van der Waals surface area contributed by atoms with Crippen molar-refractivity contribution in [2.75, 3.05) is 12.8 Å². The number of rotatable bonds is 4. The maximum absolute atomic E-state index is 14.1. The molecule has 2 rings (SSSR count). The molecule has 0 amide bonds. The summed E-state index contributed by atoms with van der Waals surface area (Å²) < 4.78 is 19.8. The molecule has 20 heavy (non-hydrogen) atoms. The summed E-state index contributed by atoms with van der Waals surface area (Å²) in [6.45, 7) is 0. The van der Waals surface area contributed by atoms with Crippen molar-refractivity contribution in [1.29, 1.82) is 0 Å². The minimum atomic E-state index is -0.880. The van der Waals surface area contributed by atoms with Crippen molar-refractivity contribution in [2.24, 2.45) is 0 Å². The van der Waals surface area contributed by atoms with Gasteiger partial charge in [0.05, 0.1) is 13.2 Å². The number of methoxy groups -OCH3 is 1. The highest BCUT2D eigenvalue weighted by Gasteiger charge is 2.16. The van der Waals surface area contributed by atoms with Crippen LogP contribution < -0.4 is 10.5 Å². The summed E-state index contributed by atoms with van der Waals surface area (Å²) in [5.74, 6) is -0.292. The lowest BCUT2D eigenvalue weighted by Gasteiger charge is -2.15. The normalized spacial score (nSPS) is 12.2. The Morgan fingerprint density at radius 1 is 1.35 bits per heavy atom. The van der Waals surface area contributed by atoms with Crippen LogP contribution in [0.4, 0.5) is 10.1 Å². The van der Waals surface area contributed by atoms with E-state index in [1.54, 1.807) is 36.4 Å². The third-order valence-corrected chi connectivity index (χ3v) is 3.58. The third kappa shape index (κ3) is 3.11. The van der Waals surface area contributed by atoms with Gasteiger partial charge in [-0.05, 0) is 29.8 Å². The molecule has 106 valence electrons. The Bertz CT molecular complexity index is 619. The van der Waals surface area contributed by atoms with Crippen molar-refractivity contribution in [1.82, 2.24) is 0 Å². The smallest absolute Gasteiger partial charge is 0.168 e. The minimum Gasteiger partial charge on any atom is -0.494 e. The van der Waals surface area contributed by atoms with Gasteiger partial charge in [0, 0.05) is 22.1 Å². The minimum absolute atomic E-state index is 0.129. The third-order valence-electron chi connectivity index (χ3n) is 3.08. The summed E-state index contributed by atoms with van der Waals surface area (Å²) >= 11 is 3.33. The number of ether oxygens (including phenoxy) is 1. The number of halogens is 2. The van der Waals surface area contributed by atoms with E-state index < -0.39 is 11.9 Å². The molecule has 3 nitrogen and oxygen atoms in total. The van der Waals surface area contributed by atoms with Gasteiger partial charge in [0.1, 0.15) is 0 Å². The van der Waals surface area contributed by atoms with Crippen LogP contribution in [0, 0.1) is 5.82 Å². The predicted octanol–water partition coefficient (Wildman–Crippen LogP) is 3.46. The lowest BCUT2D eigenvalue weighted by molar-refractivity contribution is 0.177. The molecular formula is C15H15BrFNO2. The average Bonchev–Trinajstić information content (AvgIpc) is 2.43. The van der Waals surface area contributed by atoms with Crippen LogP contribution in [-0.4, -0.2) is 12.2 Å². The average molecular weight is 340 g/mol. The van der Waals surface area contributed by atoms with Crippen LogP contribution in [0.3, 0.4) is 0 Å². The number of nitrogen functional groups attached to an aromatic ring is 1. The number of aliphatic hydroxyl groups is 1. The highest BCUT2D eigenvalue weighted by atomic mass is 79.9. The largest absolute Gasteiger partial charge is 0.494 e. The van der Waals surface area contributed by atoms with Gasteiger partial charge in [0.2, 0.25) is 0 Å². The highest BCUT2D eigenvalue weighted by molar-refractivity contribution is 9.10. The first kappa shape index (κ1) is 14.8. The fourth-order valence-electron chi connectivity index (χ4n) is 2.02. The second-order valence-electron chi connectivity index (χ2n) is 4.43. The second kappa shape index (κ2) is 6.24. The molecule has 2 aromatic rings. The molecule has 0 heterocycles.